The Balaban J connectivity index is 4.36. The average molecular weight is 742 g/mol. The molecule has 0 fully saturated rings. The summed E-state index contributed by atoms with van der Waals surface area (Å²) in [5.41, 5.74) is 5.34. The summed E-state index contributed by atoms with van der Waals surface area (Å²) in [6.45, 7) is 4.37. The van der Waals surface area contributed by atoms with Crippen molar-refractivity contribution in [1.29, 1.82) is 0 Å². The van der Waals surface area contributed by atoms with Crippen molar-refractivity contribution in [3.63, 3.8) is 0 Å². The molecule has 292 valence electrons. The molecule has 0 aliphatic rings. The van der Waals surface area contributed by atoms with Crippen LogP contribution in [0.2, 0.25) is 0 Å². The van der Waals surface area contributed by atoms with Crippen LogP contribution in [-0.2, 0) is 27.9 Å². The van der Waals surface area contributed by atoms with Crippen molar-refractivity contribution in [1.82, 2.24) is 0 Å². The van der Waals surface area contributed by atoms with Crippen LogP contribution >= 0.6 is 7.82 Å². The van der Waals surface area contributed by atoms with Crippen molar-refractivity contribution in [2.24, 2.45) is 5.73 Å². The highest BCUT2D eigenvalue weighted by atomic mass is 31.2. The number of ether oxygens (including phenoxy) is 2. The average Bonchev–Trinajstić information content (AvgIpc) is 3.13. The molecule has 0 aromatic heterocycles. The van der Waals surface area contributed by atoms with Crippen LogP contribution < -0.4 is 5.73 Å². The highest BCUT2D eigenvalue weighted by Crippen LogP contribution is 2.43. The molecular weight excluding hydrogens is 673 g/mol. The Morgan fingerprint density at radius 2 is 0.981 bits per heavy atom. The standard InChI is InChI=1S/C43H68NO7P/c1-3-5-7-9-11-13-15-17-19-20-21-22-23-24-26-28-30-32-34-36-43(45)51-42(41-50-52(46,47)49-39-37-44)40-48-38-35-33-31-29-27-25-18-16-14-12-10-8-6-4-2/h5-8,11-14,17-19,21-22,24-26,29-32,42H,3-4,9-10,15-16,20,23,27-28,33-41,44H2,1-2H3,(H,46,47)/b7-5-,8-6-,13-11-,14-12-,19-17-,22-21-,25-18-,26-24-,31-29-,32-30-. The summed E-state index contributed by atoms with van der Waals surface area (Å²) in [5, 5.41) is 0. The van der Waals surface area contributed by atoms with Gasteiger partial charge in [-0.2, -0.15) is 0 Å². The maximum Gasteiger partial charge on any atom is 0.472 e. The molecule has 2 unspecified atom stereocenters. The molecule has 0 bridgehead atoms. The Kier molecular flexibility index (Phi) is 36.8. The first-order chi connectivity index (χ1) is 25.4. The molecule has 2 atom stereocenters. The van der Waals surface area contributed by atoms with E-state index in [1.807, 2.05) is 12.2 Å². The summed E-state index contributed by atoms with van der Waals surface area (Å²) in [7, 11) is -4.32. The summed E-state index contributed by atoms with van der Waals surface area (Å²) < 4.78 is 33.1. The summed E-state index contributed by atoms with van der Waals surface area (Å²) in [6, 6.07) is 0. The van der Waals surface area contributed by atoms with Crippen molar-refractivity contribution in [2.75, 3.05) is 33.0 Å². The van der Waals surface area contributed by atoms with Gasteiger partial charge in [0.2, 0.25) is 0 Å². The first kappa shape index (κ1) is 48.9. The van der Waals surface area contributed by atoms with E-state index in [4.69, 9.17) is 24.3 Å². The number of hydrogen-bond donors (Lipinski definition) is 2. The summed E-state index contributed by atoms with van der Waals surface area (Å²) in [4.78, 5) is 22.4. The topological polar surface area (TPSA) is 117 Å². The molecule has 0 aromatic rings. The molecular formula is C43H68NO7P. The van der Waals surface area contributed by atoms with Gasteiger partial charge in [-0.05, 0) is 83.5 Å². The van der Waals surface area contributed by atoms with Crippen LogP contribution in [0.15, 0.2) is 122 Å². The van der Waals surface area contributed by atoms with Crippen LogP contribution in [-0.4, -0.2) is 49.9 Å². The monoisotopic (exact) mass is 741 g/mol. The lowest BCUT2D eigenvalue weighted by Gasteiger charge is -2.19. The van der Waals surface area contributed by atoms with Crippen molar-refractivity contribution >= 4 is 13.8 Å². The number of phosphoric acid groups is 1. The molecule has 0 amide bonds. The van der Waals surface area contributed by atoms with E-state index in [2.05, 4.69) is 123 Å². The van der Waals surface area contributed by atoms with Gasteiger partial charge < -0.3 is 20.1 Å². The molecule has 0 aliphatic heterocycles. The fourth-order valence-corrected chi connectivity index (χ4v) is 4.97. The Bertz CT molecular complexity index is 1190. The number of allylic oxidation sites excluding steroid dienone is 20. The van der Waals surface area contributed by atoms with E-state index in [0.717, 1.165) is 77.0 Å². The van der Waals surface area contributed by atoms with Gasteiger partial charge in [0.1, 0.15) is 6.10 Å². The zero-order valence-corrected chi connectivity index (χ0v) is 32.9. The maximum absolute atomic E-state index is 12.5. The third-order valence-electron chi connectivity index (χ3n) is 6.89. The van der Waals surface area contributed by atoms with Crippen molar-refractivity contribution in [3.05, 3.63) is 122 Å². The number of phosphoric ester groups is 1. The fourth-order valence-electron chi connectivity index (χ4n) is 4.20. The lowest BCUT2D eigenvalue weighted by atomic mass is 10.2. The highest BCUT2D eigenvalue weighted by molar-refractivity contribution is 7.47. The van der Waals surface area contributed by atoms with Crippen LogP contribution in [0.25, 0.3) is 0 Å². The molecule has 3 N–H and O–H groups in total. The highest BCUT2D eigenvalue weighted by Gasteiger charge is 2.25. The third kappa shape index (κ3) is 38.1. The third-order valence-corrected chi connectivity index (χ3v) is 7.87. The quantitative estimate of drug-likeness (QED) is 0.0290. The number of nitrogens with two attached hydrogens (primary N) is 1. The molecule has 9 heteroatoms. The Hall–Kier alpha value is -3.10. The molecule has 8 nitrogen and oxygen atoms in total. The maximum atomic E-state index is 12.5. The molecule has 0 aromatic carbocycles. The predicted molar refractivity (Wildman–Crippen MR) is 219 cm³/mol. The van der Waals surface area contributed by atoms with Crippen molar-refractivity contribution < 1.29 is 32.8 Å². The van der Waals surface area contributed by atoms with Gasteiger partial charge in [0.25, 0.3) is 0 Å². The van der Waals surface area contributed by atoms with Crippen LogP contribution in [0.5, 0.6) is 0 Å². The number of esters is 1. The van der Waals surface area contributed by atoms with E-state index >= 15 is 0 Å². The molecule has 0 radical (unpaired) electrons. The number of carbonyl (C=O) groups excluding carboxylic acids is 1. The molecule has 0 aliphatic carbocycles. The molecule has 0 heterocycles. The van der Waals surface area contributed by atoms with Crippen LogP contribution in [0.1, 0.15) is 104 Å². The largest absolute Gasteiger partial charge is 0.472 e. The Morgan fingerprint density at radius 1 is 0.577 bits per heavy atom. The van der Waals surface area contributed by atoms with Gasteiger partial charge in [0.05, 0.1) is 19.8 Å². The van der Waals surface area contributed by atoms with E-state index in [9.17, 15) is 14.3 Å². The van der Waals surface area contributed by atoms with Crippen LogP contribution in [0.3, 0.4) is 0 Å². The number of rotatable bonds is 34. The molecule has 0 saturated heterocycles. The molecule has 0 saturated carbocycles. The fraction of sp³-hybridized carbons (Fsp3) is 0.512. The van der Waals surface area contributed by atoms with Crippen molar-refractivity contribution in [2.45, 2.75) is 110 Å². The second-order valence-electron chi connectivity index (χ2n) is 11.7. The number of hydrogen-bond acceptors (Lipinski definition) is 7. The first-order valence-electron chi connectivity index (χ1n) is 19.0. The SMILES string of the molecule is CC/C=C\C/C=C\C/C=C\C/C=C\C/C=C\C/C=C\CCC(=O)OC(COCCC/C=C\C/C=C\C/C=C\C/C=C\CC)COP(=O)(O)OCCN. The lowest BCUT2D eigenvalue weighted by molar-refractivity contribution is -0.154. The van der Waals surface area contributed by atoms with Gasteiger partial charge in [0, 0.05) is 19.6 Å². The first-order valence-corrected chi connectivity index (χ1v) is 20.5. The minimum Gasteiger partial charge on any atom is -0.457 e. The van der Waals surface area contributed by atoms with Gasteiger partial charge in [0.15, 0.2) is 0 Å². The number of carbonyl (C=O) groups is 1. The smallest absolute Gasteiger partial charge is 0.457 e. The predicted octanol–water partition coefficient (Wildman–Crippen LogP) is 11.1. The van der Waals surface area contributed by atoms with E-state index in [1.165, 1.54) is 0 Å². The minimum atomic E-state index is -4.32. The molecule has 0 rings (SSSR count). The van der Waals surface area contributed by atoms with Gasteiger partial charge in [-0.3, -0.25) is 13.8 Å². The van der Waals surface area contributed by atoms with E-state index in [1.54, 1.807) is 0 Å². The Morgan fingerprint density at radius 3 is 1.40 bits per heavy atom. The second-order valence-corrected chi connectivity index (χ2v) is 13.1. The van der Waals surface area contributed by atoms with E-state index in [0.29, 0.717) is 13.0 Å². The zero-order valence-electron chi connectivity index (χ0n) is 32.0. The second kappa shape index (κ2) is 39.1. The van der Waals surface area contributed by atoms with Gasteiger partial charge >= 0.3 is 13.8 Å². The van der Waals surface area contributed by atoms with E-state index < -0.39 is 19.9 Å². The van der Waals surface area contributed by atoms with Gasteiger partial charge in [-0.25, -0.2) is 4.57 Å². The summed E-state index contributed by atoms with van der Waals surface area (Å²) in [6.07, 6.45) is 53.9. The zero-order chi connectivity index (χ0) is 38.1. The van der Waals surface area contributed by atoms with Crippen LogP contribution in [0, 0.1) is 0 Å². The van der Waals surface area contributed by atoms with Crippen molar-refractivity contribution in [3.8, 4) is 0 Å². The van der Waals surface area contributed by atoms with E-state index in [-0.39, 0.29) is 32.8 Å². The van der Waals surface area contributed by atoms with Crippen LogP contribution in [0.4, 0.5) is 0 Å². The molecule has 0 spiro atoms. The summed E-state index contributed by atoms with van der Waals surface area (Å²) in [5.74, 6) is -0.438. The van der Waals surface area contributed by atoms with Gasteiger partial charge in [-0.1, -0.05) is 135 Å². The lowest BCUT2D eigenvalue weighted by Crippen LogP contribution is -2.28. The van der Waals surface area contributed by atoms with Gasteiger partial charge in [-0.15, -0.1) is 0 Å². The Labute approximate surface area is 315 Å². The minimum absolute atomic E-state index is 0.0384. The normalized spacial score (nSPS) is 14.9. The number of unbranched alkanes of at least 4 members (excludes halogenated alkanes) is 1. The molecule has 52 heavy (non-hydrogen) atoms. The summed E-state index contributed by atoms with van der Waals surface area (Å²) >= 11 is 0.